The number of benzene rings is 1. The van der Waals surface area contributed by atoms with Crippen LogP contribution in [0.2, 0.25) is 0 Å². The molecule has 1 aromatic carbocycles. The van der Waals surface area contributed by atoms with Crippen molar-refractivity contribution >= 4 is 17.1 Å². The molecule has 7 heteroatoms. The molecule has 0 aliphatic heterocycles. The molecule has 0 bridgehead atoms. The topological polar surface area (TPSA) is 90.2 Å². The standard InChI is InChI=1S/C23H26N6O/c1-15(23(2,3)4)26-21-18(22(24)30)13-25-29-14-17(12-20(21)29)28-11-10-19(27-28)16-8-6-5-7-9-16/h5-15,26H,1-4H3,(H2,24,30). The van der Waals surface area contributed by atoms with Gasteiger partial charge in [-0.1, -0.05) is 51.1 Å². The third kappa shape index (κ3) is 3.66. The molecule has 0 fully saturated rings. The van der Waals surface area contributed by atoms with E-state index in [1.54, 1.807) is 9.20 Å². The Balaban J connectivity index is 1.78. The van der Waals surface area contributed by atoms with Crippen molar-refractivity contribution in [1.29, 1.82) is 0 Å². The van der Waals surface area contributed by atoms with Crippen molar-refractivity contribution in [1.82, 2.24) is 19.4 Å². The largest absolute Gasteiger partial charge is 0.380 e. The first-order chi connectivity index (χ1) is 14.2. The number of fused-ring (bicyclic) bond motifs is 1. The van der Waals surface area contributed by atoms with Crippen molar-refractivity contribution in [3.05, 3.63) is 66.6 Å². The van der Waals surface area contributed by atoms with Crippen molar-refractivity contribution in [2.75, 3.05) is 5.32 Å². The maximum atomic E-state index is 12.0. The van der Waals surface area contributed by atoms with Crippen LogP contribution in [0.1, 0.15) is 38.1 Å². The molecule has 3 aromatic heterocycles. The van der Waals surface area contributed by atoms with Crippen LogP contribution in [0.5, 0.6) is 0 Å². The van der Waals surface area contributed by atoms with Crippen molar-refractivity contribution in [2.24, 2.45) is 11.1 Å². The summed E-state index contributed by atoms with van der Waals surface area (Å²) >= 11 is 0. The summed E-state index contributed by atoms with van der Waals surface area (Å²) in [5.41, 5.74) is 10.2. The highest BCUT2D eigenvalue weighted by molar-refractivity contribution is 6.02. The van der Waals surface area contributed by atoms with Gasteiger partial charge < -0.3 is 11.1 Å². The Bertz CT molecular complexity index is 1200. The zero-order chi connectivity index (χ0) is 21.5. The number of carbonyl (C=O) groups is 1. The van der Waals surface area contributed by atoms with Gasteiger partial charge in [0.2, 0.25) is 0 Å². The lowest BCUT2D eigenvalue weighted by Gasteiger charge is -2.29. The summed E-state index contributed by atoms with van der Waals surface area (Å²) in [7, 11) is 0. The molecule has 1 amide bonds. The summed E-state index contributed by atoms with van der Waals surface area (Å²) in [6, 6.07) is 14.1. The second kappa shape index (κ2) is 7.33. The fourth-order valence-electron chi connectivity index (χ4n) is 3.17. The molecule has 30 heavy (non-hydrogen) atoms. The Kier molecular flexibility index (Phi) is 4.81. The van der Waals surface area contributed by atoms with Gasteiger partial charge in [-0.3, -0.25) is 4.79 Å². The predicted molar refractivity (Wildman–Crippen MR) is 119 cm³/mol. The van der Waals surface area contributed by atoms with E-state index in [-0.39, 0.29) is 11.5 Å². The Morgan fingerprint density at radius 3 is 2.57 bits per heavy atom. The Morgan fingerprint density at radius 2 is 1.90 bits per heavy atom. The Morgan fingerprint density at radius 1 is 1.17 bits per heavy atom. The number of amides is 1. The minimum atomic E-state index is -0.512. The van der Waals surface area contributed by atoms with Crippen molar-refractivity contribution in [3.8, 4) is 16.9 Å². The summed E-state index contributed by atoms with van der Waals surface area (Å²) in [4.78, 5) is 12.0. The fourth-order valence-corrected chi connectivity index (χ4v) is 3.17. The van der Waals surface area contributed by atoms with E-state index in [0.29, 0.717) is 11.3 Å². The molecule has 0 aliphatic rings. The normalized spacial score (nSPS) is 12.8. The van der Waals surface area contributed by atoms with Gasteiger partial charge >= 0.3 is 0 Å². The third-order valence-electron chi connectivity index (χ3n) is 5.47. The van der Waals surface area contributed by atoms with Crippen LogP contribution in [0.15, 0.2) is 61.1 Å². The van der Waals surface area contributed by atoms with Gasteiger partial charge in [0.25, 0.3) is 5.91 Å². The van der Waals surface area contributed by atoms with Crippen molar-refractivity contribution in [3.63, 3.8) is 0 Å². The second-order valence-electron chi connectivity index (χ2n) is 8.57. The molecule has 3 heterocycles. The molecular weight excluding hydrogens is 376 g/mol. The predicted octanol–water partition coefficient (Wildman–Crippen LogP) is 4.13. The van der Waals surface area contributed by atoms with Gasteiger partial charge in [-0.15, -0.1) is 0 Å². The molecule has 7 nitrogen and oxygen atoms in total. The fraction of sp³-hybridized carbons (Fsp3) is 0.261. The first-order valence-corrected chi connectivity index (χ1v) is 9.93. The van der Waals surface area contributed by atoms with E-state index >= 15 is 0 Å². The average Bonchev–Trinajstić information content (AvgIpc) is 3.35. The van der Waals surface area contributed by atoms with Crippen LogP contribution >= 0.6 is 0 Å². The molecule has 1 unspecified atom stereocenters. The lowest BCUT2D eigenvalue weighted by atomic mass is 9.88. The van der Waals surface area contributed by atoms with Crippen LogP contribution in [0.25, 0.3) is 22.5 Å². The summed E-state index contributed by atoms with van der Waals surface area (Å²) in [6.07, 6.45) is 5.31. The summed E-state index contributed by atoms with van der Waals surface area (Å²) in [6.45, 7) is 8.52. The van der Waals surface area contributed by atoms with Gasteiger partial charge in [0, 0.05) is 17.8 Å². The van der Waals surface area contributed by atoms with Gasteiger partial charge in [-0.2, -0.15) is 10.2 Å². The van der Waals surface area contributed by atoms with Crippen LogP contribution < -0.4 is 11.1 Å². The zero-order valence-corrected chi connectivity index (χ0v) is 17.6. The number of aromatic nitrogens is 4. The van der Waals surface area contributed by atoms with Crippen LogP contribution in [-0.4, -0.2) is 31.3 Å². The van der Waals surface area contributed by atoms with Gasteiger partial charge in [0.15, 0.2) is 0 Å². The number of hydrogen-bond acceptors (Lipinski definition) is 4. The second-order valence-corrected chi connectivity index (χ2v) is 8.57. The van der Waals surface area contributed by atoms with Crippen LogP contribution in [0.3, 0.4) is 0 Å². The number of nitrogens with zero attached hydrogens (tertiary/aromatic N) is 4. The van der Waals surface area contributed by atoms with Crippen molar-refractivity contribution < 1.29 is 4.79 Å². The van der Waals surface area contributed by atoms with Crippen LogP contribution in [-0.2, 0) is 0 Å². The number of rotatable bonds is 5. The Labute approximate surface area is 175 Å². The minimum Gasteiger partial charge on any atom is -0.380 e. The molecular formula is C23H26N6O. The lowest BCUT2D eigenvalue weighted by molar-refractivity contribution is 0.100. The highest BCUT2D eigenvalue weighted by Gasteiger charge is 2.23. The van der Waals surface area contributed by atoms with E-state index in [2.05, 4.69) is 38.1 Å². The number of carbonyl (C=O) groups excluding carboxylic acids is 1. The van der Waals surface area contributed by atoms with Gasteiger partial charge in [-0.05, 0) is 24.5 Å². The molecule has 4 rings (SSSR count). The minimum absolute atomic E-state index is 0.00281. The summed E-state index contributed by atoms with van der Waals surface area (Å²) < 4.78 is 3.54. The van der Waals surface area contributed by atoms with E-state index in [0.717, 1.165) is 22.5 Å². The van der Waals surface area contributed by atoms with Crippen LogP contribution in [0, 0.1) is 5.41 Å². The molecule has 1 atom stereocenters. The zero-order valence-electron chi connectivity index (χ0n) is 17.6. The molecule has 154 valence electrons. The smallest absolute Gasteiger partial charge is 0.252 e. The summed E-state index contributed by atoms with van der Waals surface area (Å²) in [5.74, 6) is -0.512. The lowest BCUT2D eigenvalue weighted by Crippen LogP contribution is -2.32. The molecule has 0 aliphatic carbocycles. The maximum absolute atomic E-state index is 12.0. The number of nitrogens with two attached hydrogens (primary N) is 1. The molecule has 0 radical (unpaired) electrons. The molecule has 0 saturated carbocycles. The first kappa shape index (κ1) is 19.7. The van der Waals surface area contributed by atoms with Gasteiger partial charge in [0.05, 0.1) is 40.5 Å². The summed E-state index contributed by atoms with van der Waals surface area (Å²) in [5, 5.41) is 12.6. The molecule has 3 N–H and O–H groups in total. The van der Waals surface area contributed by atoms with E-state index in [4.69, 9.17) is 10.8 Å². The van der Waals surface area contributed by atoms with E-state index in [1.165, 1.54) is 6.20 Å². The van der Waals surface area contributed by atoms with Gasteiger partial charge in [0.1, 0.15) is 0 Å². The highest BCUT2D eigenvalue weighted by Crippen LogP contribution is 2.29. The van der Waals surface area contributed by atoms with E-state index in [9.17, 15) is 4.79 Å². The number of anilines is 1. The monoisotopic (exact) mass is 402 g/mol. The number of nitrogens with one attached hydrogen (secondary N) is 1. The van der Waals surface area contributed by atoms with Crippen LogP contribution in [0.4, 0.5) is 5.69 Å². The maximum Gasteiger partial charge on any atom is 0.252 e. The van der Waals surface area contributed by atoms with E-state index in [1.807, 2.05) is 54.9 Å². The first-order valence-electron chi connectivity index (χ1n) is 9.93. The van der Waals surface area contributed by atoms with E-state index < -0.39 is 5.91 Å². The quantitative estimate of drug-likeness (QED) is 0.525. The SMILES string of the molecule is CC(Nc1c(C(N)=O)cnn2cc(-n3ccc(-c4ccccc4)n3)cc12)C(C)(C)C. The average molecular weight is 403 g/mol. The molecule has 0 saturated heterocycles. The Hall–Kier alpha value is -3.61. The van der Waals surface area contributed by atoms with Gasteiger partial charge in [-0.25, -0.2) is 9.20 Å². The third-order valence-corrected chi connectivity index (χ3v) is 5.47. The highest BCUT2D eigenvalue weighted by atomic mass is 16.1. The molecule has 0 spiro atoms. The number of primary amides is 1. The molecule has 4 aromatic rings. The van der Waals surface area contributed by atoms with Crippen molar-refractivity contribution in [2.45, 2.75) is 33.7 Å². The number of hydrogen-bond donors (Lipinski definition) is 2.